The fraction of sp³-hybridized carbons (Fsp3) is 0.391. The quantitative estimate of drug-likeness (QED) is 0.401. The number of carbonyl (C=O) groups is 4. The number of rotatable bonds is 9. The van der Waals surface area contributed by atoms with Gasteiger partial charge in [0.25, 0.3) is 5.91 Å². The summed E-state index contributed by atoms with van der Waals surface area (Å²) in [7, 11) is 0. The summed E-state index contributed by atoms with van der Waals surface area (Å²) < 4.78 is 28.2. The Kier molecular flexibility index (Phi) is 7.02. The van der Waals surface area contributed by atoms with Gasteiger partial charge < -0.3 is 15.0 Å². The van der Waals surface area contributed by atoms with E-state index in [4.69, 9.17) is 16.7 Å². The molecule has 1 amide bonds. The van der Waals surface area contributed by atoms with E-state index in [2.05, 4.69) is 5.32 Å². The van der Waals surface area contributed by atoms with Crippen molar-refractivity contribution in [2.45, 2.75) is 52.5 Å². The van der Waals surface area contributed by atoms with Crippen molar-refractivity contribution in [2.24, 2.45) is 5.41 Å². The Bertz CT molecular complexity index is 1160. The fourth-order valence-corrected chi connectivity index (χ4v) is 4.33. The van der Waals surface area contributed by atoms with Crippen LogP contribution in [0.25, 0.3) is 0 Å². The molecule has 0 aliphatic carbocycles. The molecule has 2 N–H and O–H groups in total. The molecule has 3 rings (SSSR count). The smallest absolute Gasteiger partial charge is 0.303 e. The van der Waals surface area contributed by atoms with Crippen LogP contribution >= 0.6 is 11.6 Å². The van der Waals surface area contributed by atoms with E-state index in [-0.39, 0.29) is 41.2 Å². The number of hydrogen-bond donors (Lipinski definition) is 2. The molecule has 1 aliphatic heterocycles. The summed E-state index contributed by atoms with van der Waals surface area (Å²) >= 11 is 6.41. The summed E-state index contributed by atoms with van der Waals surface area (Å²) in [6.45, 7) is 3.79. The predicted molar refractivity (Wildman–Crippen MR) is 117 cm³/mol. The van der Waals surface area contributed by atoms with E-state index in [1.54, 1.807) is 18.4 Å². The highest BCUT2D eigenvalue weighted by Gasteiger charge is 2.36. The monoisotopic (exact) mass is 480 g/mol. The lowest BCUT2D eigenvalue weighted by molar-refractivity contribution is -0.138. The number of nitrogens with zero attached hydrogens (tertiary/aromatic N) is 1. The highest BCUT2D eigenvalue weighted by Crippen LogP contribution is 2.35. The molecule has 0 spiro atoms. The lowest BCUT2D eigenvalue weighted by Crippen LogP contribution is -2.25. The topological polar surface area (TPSA) is 105 Å². The molecule has 0 atom stereocenters. The lowest BCUT2D eigenvalue weighted by Gasteiger charge is -2.22. The minimum absolute atomic E-state index is 0.0112. The number of Topliss-reactive ketones (excluding diaryl/α,β-unsaturated/α-hetero) is 2. The lowest BCUT2D eigenvalue weighted by atomic mass is 9.82. The number of carboxylic acids is 1. The molecule has 1 aliphatic rings. The number of fused-ring (bicyclic) bond motifs is 1. The van der Waals surface area contributed by atoms with E-state index in [9.17, 15) is 28.0 Å². The van der Waals surface area contributed by atoms with Gasteiger partial charge in [0.05, 0.1) is 10.6 Å². The second kappa shape index (κ2) is 9.43. The number of aliphatic carboxylic acids is 1. The molecule has 1 aromatic carbocycles. The summed E-state index contributed by atoms with van der Waals surface area (Å²) in [5.74, 6) is -5.47. The first-order chi connectivity index (χ1) is 15.4. The van der Waals surface area contributed by atoms with Crippen molar-refractivity contribution in [2.75, 3.05) is 5.32 Å². The van der Waals surface area contributed by atoms with Crippen molar-refractivity contribution >= 4 is 40.7 Å². The van der Waals surface area contributed by atoms with Gasteiger partial charge in [0, 0.05) is 36.8 Å². The number of anilines is 1. The number of carbonyl (C=O) groups excluding carboxylic acids is 3. The van der Waals surface area contributed by atoms with Gasteiger partial charge in [0.1, 0.15) is 5.69 Å². The largest absolute Gasteiger partial charge is 0.481 e. The number of carboxylic acid groups (broad SMARTS) is 1. The fourth-order valence-electron chi connectivity index (χ4n) is 3.95. The number of ketones is 2. The van der Waals surface area contributed by atoms with Crippen LogP contribution in [-0.4, -0.2) is 33.1 Å². The zero-order valence-electron chi connectivity index (χ0n) is 18.1. The number of benzene rings is 1. The van der Waals surface area contributed by atoms with Crippen LogP contribution in [0.5, 0.6) is 0 Å². The Balaban J connectivity index is 1.87. The molecule has 2 heterocycles. The third-order valence-electron chi connectivity index (χ3n) is 5.63. The maximum absolute atomic E-state index is 13.5. The molecule has 176 valence electrons. The van der Waals surface area contributed by atoms with E-state index < -0.39 is 40.5 Å². The van der Waals surface area contributed by atoms with Gasteiger partial charge in [-0.05, 0) is 36.8 Å². The molecule has 10 heteroatoms. The van der Waals surface area contributed by atoms with Crippen LogP contribution in [0.15, 0.2) is 18.2 Å². The third-order valence-corrected chi connectivity index (χ3v) is 6.00. The maximum Gasteiger partial charge on any atom is 0.303 e. The molecular weight excluding hydrogens is 458 g/mol. The molecule has 0 unspecified atom stereocenters. The van der Waals surface area contributed by atoms with Gasteiger partial charge in [-0.2, -0.15) is 0 Å². The number of amides is 1. The maximum atomic E-state index is 13.5. The first-order valence-corrected chi connectivity index (χ1v) is 10.8. The van der Waals surface area contributed by atoms with Crippen LogP contribution < -0.4 is 5.32 Å². The summed E-state index contributed by atoms with van der Waals surface area (Å²) in [4.78, 5) is 49.5. The van der Waals surface area contributed by atoms with Gasteiger partial charge >= 0.3 is 5.97 Å². The van der Waals surface area contributed by atoms with Crippen LogP contribution in [0, 0.1) is 17.0 Å². The Morgan fingerprint density at radius 1 is 1.18 bits per heavy atom. The van der Waals surface area contributed by atoms with Crippen molar-refractivity contribution in [3.63, 3.8) is 0 Å². The van der Waals surface area contributed by atoms with Crippen LogP contribution in [0.3, 0.4) is 0 Å². The van der Waals surface area contributed by atoms with Crippen molar-refractivity contribution in [1.29, 1.82) is 0 Å². The Labute approximate surface area is 193 Å². The van der Waals surface area contributed by atoms with Gasteiger partial charge in [0.15, 0.2) is 11.6 Å². The van der Waals surface area contributed by atoms with Crippen LogP contribution in [0.4, 0.5) is 14.5 Å². The minimum Gasteiger partial charge on any atom is -0.481 e. The predicted octanol–water partition coefficient (Wildman–Crippen LogP) is 4.65. The number of halogens is 3. The molecule has 33 heavy (non-hydrogen) atoms. The van der Waals surface area contributed by atoms with E-state index in [0.717, 1.165) is 12.1 Å². The zero-order chi connectivity index (χ0) is 24.5. The summed E-state index contributed by atoms with van der Waals surface area (Å²) in [5, 5.41) is 11.2. The molecule has 0 saturated carbocycles. The van der Waals surface area contributed by atoms with Gasteiger partial charge in [-0.3, -0.25) is 19.2 Å². The Hall–Kier alpha value is -3.07. The van der Waals surface area contributed by atoms with Gasteiger partial charge in [-0.1, -0.05) is 25.4 Å². The molecule has 0 saturated heterocycles. The standard InChI is InChI=1S/C23H23ClF2N2O5/c1-23(2,8-7-17(30)31)11-16(29)21(32)20-19(24)18(15-4-3-9-28(15)20)22(33)27-12-5-6-13(25)14(26)10-12/h5-6,10H,3-4,7-9,11H2,1-2H3,(H,27,33)(H,30,31). The number of nitrogens with one attached hydrogen (secondary N) is 1. The van der Waals surface area contributed by atoms with Crippen LogP contribution in [-0.2, 0) is 22.6 Å². The van der Waals surface area contributed by atoms with E-state index in [1.165, 1.54) is 6.07 Å². The third kappa shape index (κ3) is 5.30. The molecule has 0 fully saturated rings. The van der Waals surface area contributed by atoms with Crippen molar-refractivity contribution < 1.29 is 33.1 Å². The molecule has 1 aromatic heterocycles. The summed E-state index contributed by atoms with van der Waals surface area (Å²) in [5.41, 5.74) is -0.289. The van der Waals surface area contributed by atoms with Gasteiger partial charge in [0.2, 0.25) is 11.6 Å². The van der Waals surface area contributed by atoms with Crippen LogP contribution in [0.1, 0.15) is 66.1 Å². The van der Waals surface area contributed by atoms with E-state index >= 15 is 0 Å². The van der Waals surface area contributed by atoms with Crippen molar-refractivity contribution in [3.8, 4) is 0 Å². The first kappa shape index (κ1) is 24.6. The van der Waals surface area contributed by atoms with Crippen molar-refractivity contribution in [3.05, 3.63) is 51.8 Å². The SMILES string of the molecule is CC(C)(CCC(=O)O)CC(=O)C(=O)c1c(Cl)c(C(=O)Nc2ccc(F)c(F)c2)c2n1CCC2. The molecule has 7 nitrogen and oxygen atoms in total. The normalized spacial score (nSPS) is 13.0. The minimum atomic E-state index is -1.13. The summed E-state index contributed by atoms with van der Waals surface area (Å²) in [6, 6.07) is 2.89. The molecule has 0 radical (unpaired) electrons. The van der Waals surface area contributed by atoms with Crippen molar-refractivity contribution in [1.82, 2.24) is 4.57 Å². The zero-order valence-corrected chi connectivity index (χ0v) is 18.9. The number of hydrogen-bond acceptors (Lipinski definition) is 4. The number of aromatic nitrogens is 1. The summed E-state index contributed by atoms with van der Waals surface area (Å²) in [6.07, 6.45) is 0.988. The average molecular weight is 481 g/mol. The first-order valence-electron chi connectivity index (χ1n) is 10.4. The highest BCUT2D eigenvalue weighted by molar-refractivity contribution is 6.48. The molecule has 2 aromatic rings. The van der Waals surface area contributed by atoms with Gasteiger partial charge in [-0.25, -0.2) is 8.78 Å². The Morgan fingerprint density at radius 2 is 1.88 bits per heavy atom. The Morgan fingerprint density at radius 3 is 2.52 bits per heavy atom. The second-order valence-corrected chi connectivity index (χ2v) is 9.19. The van der Waals surface area contributed by atoms with E-state index in [0.29, 0.717) is 25.1 Å². The second-order valence-electron chi connectivity index (χ2n) is 8.81. The molecule has 0 bridgehead atoms. The average Bonchev–Trinajstić information content (AvgIpc) is 3.28. The van der Waals surface area contributed by atoms with Crippen LogP contribution in [0.2, 0.25) is 5.02 Å². The molecular formula is C23H23ClF2N2O5. The van der Waals surface area contributed by atoms with Gasteiger partial charge in [-0.15, -0.1) is 0 Å². The highest BCUT2D eigenvalue weighted by atomic mass is 35.5. The van der Waals surface area contributed by atoms with E-state index in [1.807, 2.05) is 0 Å².